The van der Waals surface area contributed by atoms with Crippen LogP contribution < -0.4 is 31.9 Å². The van der Waals surface area contributed by atoms with Gasteiger partial charge >= 0.3 is 0 Å². The average molecular weight is 1030 g/mol. The summed E-state index contributed by atoms with van der Waals surface area (Å²) in [7, 11) is 0. The summed E-state index contributed by atoms with van der Waals surface area (Å²) >= 11 is 0. The van der Waals surface area contributed by atoms with E-state index in [4.69, 9.17) is 0 Å². The second kappa shape index (κ2) is 26.3. The number of hydrogen-bond acceptors (Lipinski definition) is 12. The molecule has 6 aromatic rings. The fraction of sp³-hybridized carbons (Fsp3) is 0.317. The predicted molar refractivity (Wildman–Crippen MR) is 228 cm³/mol. The van der Waals surface area contributed by atoms with Crippen LogP contribution in [0.5, 0.6) is 0 Å². The molecule has 0 saturated carbocycles. The second-order valence-electron chi connectivity index (χ2n) is 13.2. The van der Waals surface area contributed by atoms with Crippen LogP contribution in [0.25, 0.3) is 34.3 Å². The molecule has 0 fully saturated rings. The number of aromatic nitrogens is 8. The van der Waals surface area contributed by atoms with Crippen LogP contribution in [0, 0.1) is 0 Å². The Labute approximate surface area is 372 Å². The number of nitrogens with zero attached hydrogens (tertiary/aromatic N) is 8. The Balaban J connectivity index is 0.000000306. The molecule has 0 aliphatic carbocycles. The zero-order valence-electron chi connectivity index (χ0n) is 34.8. The van der Waals surface area contributed by atoms with Crippen molar-refractivity contribution in [3.8, 4) is 23.0 Å². The third-order valence-corrected chi connectivity index (χ3v) is 7.98. The van der Waals surface area contributed by atoms with Gasteiger partial charge in [-0.3, -0.25) is 47.5 Å². The molecule has 0 aliphatic rings. The van der Waals surface area contributed by atoms with E-state index in [1.165, 1.54) is 20.3 Å². The molecule has 62 heavy (non-hydrogen) atoms. The summed E-state index contributed by atoms with van der Waals surface area (Å²) in [5.41, 5.74) is 3.80. The van der Waals surface area contributed by atoms with Crippen LogP contribution in [-0.2, 0) is 49.8 Å². The summed E-state index contributed by atoms with van der Waals surface area (Å²) in [6.45, 7) is 7.99. The molecule has 0 unspecified atom stereocenters. The second-order valence-corrected chi connectivity index (χ2v) is 13.2. The average Bonchev–Trinajstić information content (AvgIpc) is 3.87. The van der Waals surface area contributed by atoms with E-state index in [1.807, 2.05) is 57.6 Å². The molecular formula is C41H50N14O6Pt. The largest absolute Gasteiger partial charge is 0.356 e. The Morgan fingerprint density at radius 3 is 1.23 bits per heavy atom. The van der Waals surface area contributed by atoms with Crippen molar-refractivity contribution in [2.45, 2.75) is 59.8 Å². The molecular weight excluding hydrogens is 980 g/mol. The summed E-state index contributed by atoms with van der Waals surface area (Å²) in [5, 5.41) is 32.3. The van der Waals surface area contributed by atoms with Gasteiger partial charge in [0.25, 0.3) is 0 Å². The Kier molecular flexibility index (Phi) is 21.0. The van der Waals surface area contributed by atoms with Gasteiger partial charge in [0, 0.05) is 99.2 Å². The van der Waals surface area contributed by atoms with Gasteiger partial charge < -0.3 is 31.9 Å². The Morgan fingerprint density at radius 2 is 0.871 bits per heavy atom. The molecule has 6 heterocycles. The van der Waals surface area contributed by atoms with E-state index in [2.05, 4.69) is 76.1 Å². The fourth-order valence-electron chi connectivity index (χ4n) is 5.19. The van der Waals surface area contributed by atoms with Gasteiger partial charge in [0.05, 0.1) is 23.8 Å². The van der Waals surface area contributed by atoms with Crippen LogP contribution in [0.4, 0.5) is 11.4 Å². The van der Waals surface area contributed by atoms with Gasteiger partial charge in [-0.1, -0.05) is 32.4 Å². The maximum absolute atomic E-state index is 12.0. The van der Waals surface area contributed by atoms with E-state index < -0.39 is 0 Å². The SMILES string of the molecule is CC(=O)NCCC(=O)NCCC(=O)Nc1ccc(-c2nnc3ccccn23)nc1.CC(=O)NCCC(=O)NCCC(=O)Nc1ccc(-c2nnc3ccccn23)nc1.CCC.[Pt]. The number of anilines is 2. The number of rotatable bonds is 16. The summed E-state index contributed by atoms with van der Waals surface area (Å²) < 4.78 is 3.66. The van der Waals surface area contributed by atoms with Crippen molar-refractivity contribution >= 4 is 58.1 Å². The Morgan fingerprint density at radius 1 is 0.500 bits per heavy atom. The van der Waals surface area contributed by atoms with Gasteiger partial charge in [0.15, 0.2) is 22.9 Å². The van der Waals surface area contributed by atoms with Crippen LogP contribution in [-0.4, -0.2) is 101 Å². The monoisotopic (exact) mass is 1030 g/mol. The first kappa shape index (κ1) is 49.4. The van der Waals surface area contributed by atoms with Gasteiger partial charge in [0.2, 0.25) is 35.4 Å². The predicted octanol–water partition coefficient (Wildman–Crippen LogP) is 2.94. The van der Waals surface area contributed by atoms with Crippen molar-refractivity contribution in [1.82, 2.24) is 60.4 Å². The summed E-state index contributed by atoms with van der Waals surface area (Å²) in [6, 6.07) is 18.2. The number of carbonyl (C=O) groups excluding carboxylic acids is 6. The van der Waals surface area contributed by atoms with Crippen molar-refractivity contribution < 1.29 is 49.8 Å². The van der Waals surface area contributed by atoms with Gasteiger partial charge in [-0.15, -0.1) is 20.4 Å². The van der Waals surface area contributed by atoms with E-state index in [1.54, 1.807) is 36.7 Å². The van der Waals surface area contributed by atoms with Crippen molar-refractivity contribution in [2.75, 3.05) is 36.8 Å². The molecule has 6 aromatic heterocycles. The van der Waals surface area contributed by atoms with E-state index in [0.29, 0.717) is 34.4 Å². The Hall–Kier alpha value is -6.95. The van der Waals surface area contributed by atoms with Gasteiger partial charge in [-0.05, 0) is 48.5 Å². The molecule has 0 bridgehead atoms. The van der Waals surface area contributed by atoms with Crippen molar-refractivity contribution in [1.29, 1.82) is 0 Å². The van der Waals surface area contributed by atoms with Crippen LogP contribution in [0.1, 0.15) is 59.8 Å². The smallest absolute Gasteiger partial charge is 0.226 e. The van der Waals surface area contributed by atoms with Crippen molar-refractivity contribution in [3.05, 3.63) is 85.5 Å². The molecule has 0 spiro atoms. The van der Waals surface area contributed by atoms with Gasteiger partial charge in [0.1, 0.15) is 11.4 Å². The van der Waals surface area contributed by atoms with Crippen LogP contribution in [0.15, 0.2) is 85.5 Å². The normalized spacial score (nSPS) is 10.1. The first-order valence-electron chi connectivity index (χ1n) is 19.6. The first-order chi connectivity index (χ1) is 29.5. The Bertz CT molecular complexity index is 2220. The number of amides is 6. The van der Waals surface area contributed by atoms with Crippen molar-refractivity contribution in [3.63, 3.8) is 0 Å². The third kappa shape index (κ3) is 16.6. The van der Waals surface area contributed by atoms with Crippen LogP contribution in [0.3, 0.4) is 0 Å². The minimum atomic E-state index is -0.241. The van der Waals surface area contributed by atoms with Crippen LogP contribution >= 0.6 is 0 Å². The molecule has 6 rings (SSSR count). The standard InChI is InChI=1S/2C19H21N7O3.C3H8.Pt/c2*1-13(27)20-9-7-17(28)21-10-8-18(29)23-14-5-6-15(22-12-14)19-25-24-16-4-2-3-11-26(16)19;1-3-2;/h2*2-6,11-12H,7-10H2,1H3,(H,20,27)(H,21,28)(H,23,29);3H2,1-2H3;. The molecule has 0 aromatic carbocycles. The van der Waals surface area contributed by atoms with Gasteiger partial charge in [-0.25, -0.2) is 0 Å². The van der Waals surface area contributed by atoms with Gasteiger partial charge in [-0.2, -0.15) is 0 Å². The third-order valence-electron chi connectivity index (χ3n) is 7.98. The topological polar surface area (TPSA) is 261 Å². The number of fused-ring (bicyclic) bond motifs is 2. The molecule has 6 amide bonds. The molecule has 0 radical (unpaired) electrons. The minimum Gasteiger partial charge on any atom is -0.356 e. The van der Waals surface area contributed by atoms with E-state index >= 15 is 0 Å². The van der Waals surface area contributed by atoms with E-state index in [0.717, 1.165) is 11.3 Å². The maximum Gasteiger partial charge on any atom is 0.226 e. The molecule has 0 atom stereocenters. The molecule has 330 valence electrons. The van der Waals surface area contributed by atoms with E-state index in [-0.39, 0.29) is 108 Å². The van der Waals surface area contributed by atoms with E-state index in [9.17, 15) is 28.8 Å². The molecule has 0 saturated heterocycles. The summed E-state index contributed by atoms with van der Waals surface area (Å²) in [5.74, 6) is -0.0793. The first-order valence-corrected chi connectivity index (χ1v) is 19.6. The molecule has 0 aliphatic heterocycles. The zero-order valence-corrected chi connectivity index (χ0v) is 37.1. The van der Waals surface area contributed by atoms with Crippen molar-refractivity contribution in [2.24, 2.45) is 0 Å². The number of carbonyl (C=O) groups is 6. The minimum absolute atomic E-state index is 0. The number of nitrogens with one attached hydrogen (secondary N) is 6. The zero-order chi connectivity index (χ0) is 44.0. The summed E-state index contributed by atoms with van der Waals surface area (Å²) in [6.07, 6.45) is 8.64. The number of hydrogen-bond donors (Lipinski definition) is 6. The fourth-order valence-corrected chi connectivity index (χ4v) is 5.19. The number of pyridine rings is 4. The molecule has 20 nitrogen and oxygen atoms in total. The summed E-state index contributed by atoms with van der Waals surface area (Å²) in [4.78, 5) is 77.4. The maximum atomic E-state index is 12.0. The quantitative estimate of drug-likeness (QED) is 0.0818. The van der Waals surface area contributed by atoms with Crippen LogP contribution in [0.2, 0.25) is 0 Å². The molecule has 6 N–H and O–H groups in total. The molecule has 21 heteroatoms.